The summed E-state index contributed by atoms with van der Waals surface area (Å²) in [6.07, 6.45) is 0. The van der Waals surface area contributed by atoms with E-state index in [-0.39, 0.29) is 11.4 Å². The van der Waals surface area contributed by atoms with Crippen LogP contribution in [0.25, 0.3) is 10.9 Å². The molecule has 4 N–H and O–H groups in total. The quantitative estimate of drug-likeness (QED) is 0.536. The van der Waals surface area contributed by atoms with Gasteiger partial charge in [0.05, 0.1) is 5.69 Å². The molecule has 0 atom stereocenters. The van der Waals surface area contributed by atoms with Gasteiger partial charge in [-0.05, 0) is 36.4 Å². The molecule has 0 radical (unpaired) electrons. The first-order valence-electron chi connectivity index (χ1n) is 6.93. The Hall–Kier alpha value is -3.06. The second-order valence-electron chi connectivity index (χ2n) is 4.93. The molecule has 0 fully saturated rings. The van der Waals surface area contributed by atoms with Gasteiger partial charge >= 0.3 is 6.03 Å². The molecule has 0 saturated heterocycles. The Morgan fingerprint density at radius 2 is 1.83 bits per heavy atom. The van der Waals surface area contributed by atoms with E-state index in [0.29, 0.717) is 5.02 Å². The third-order valence-corrected chi connectivity index (χ3v) is 3.47. The molecule has 3 rings (SSSR count). The van der Waals surface area contributed by atoms with Crippen LogP contribution in [0.15, 0.2) is 48.5 Å². The minimum absolute atomic E-state index is 0.00417. The van der Waals surface area contributed by atoms with E-state index in [0.717, 1.165) is 10.9 Å². The van der Waals surface area contributed by atoms with Crippen molar-refractivity contribution < 1.29 is 14.0 Å². The average Bonchev–Trinajstić information content (AvgIpc) is 2.98. The molecule has 6 nitrogen and oxygen atoms in total. The number of rotatable bonds is 2. The zero-order valence-electron chi connectivity index (χ0n) is 12.2. The maximum atomic E-state index is 13.4. The van der Waals surface area contributed by atoms with Crippen LogP contribution in [-0.2, 0) is 0 Å². The van der Waals surface area contributed by atoms with Crippen LogP contribution in [0.2, 0.25) is 5.02 Å². The molecule has 3 amide bonds. The van der Waals surface area contributed by atoms with Gasteiger partial charge in [0.25, 0.3) is 5.91 Å². The van der Waals surface area contributed by atoms with Gasteiger partial charge in [-0.2, -0.15) is 0 Å². The predicted octanol–water partition coefficient (Wildman–Crippen LogP) is 3.43. The Kier molecular flexibility index (Phi) is 4.35. The van der Waals surface area contributed by atoms with Crippen molar-refractivity contribution in [2.75, 3.05) is 5.32 Å². The number of aromatic nitrogens is 1. The SMILES string of the molecule is O=C(NNC(=O)c1cc2cc(Cl)ccc2[nH]1)Nc1ccccc1F. The Balaban J connectivity index is 1.62. The van der Waals surface area contributed by atoms with Gasteiger partial charge in [-0.1, -0.05) is 23.7 Å². The van der Waals surface area contributed by atoms with E-state index in [4.69, 9.17) is 11.6 Å². The zero-order chi connectivity index (χ0) is 17.1. The lowest BCUT2D eigenvalue weighted by Crippen LogP contribution is -2.44. The normalized spacial score (nSPS) is 10.4. The van der Waals surface area contributed by atoms with Gasteiger partial charge in [-0.15, -0.1) is 0 Å². The van der Waals surface area contributed by atoms with Crippen molar-refractivity contribution in [1.29, 1.82) is 0 Å². The van der Waals surface area contributed by atoms with Crippen LogP contribution in [0, 0.1) is 5.82 Å². The fraction of sp³-hybridized carbons (Fsp3) is 0. The topological polar surface area (TPSA) is 86.0 Å². The number of urea groups is 1. The summed E-state index contributed by atoms with van der Waals surface area (Å²) in [5.41, 5.74) is 5.37. The first-order chi connectivity index (χ1) is 11.5. The van der Waals surface area contributed by atoms with Crippen molar-refractivity contribution in [3.8, 4) is 0 Å². The molecule has 1 aromatic heterocycles. The van der Waals surface area contributed by atoms with Crippen LogP contribution >= 0.6 is 11.6 Å². The number of halogens is 2. The van der Waals surface area contributed by atoms with Gasteiger partial charge in [0.15, 0.2) is 0 Å². The summed E-state index contributed by atoms with van der Waals surface area (Å²) in [4.78, 5) is 26.6. The molecule has 2 aromatic carbocycles. The molecule has 24 heavy (non-hydrogen) atoms. The smallest absolute Gasteiger partial charge is 0.338 e. The third kappa shape index (κ3) is 3.47. The van der Waals surface area contributed by atoms with Crippen LogP contribution < -0.4 is 16.2 Å². The van der Waals surface area contributed by atoms with E-state index >= 15 is 0 Å². The number of aromatic amines is 1. The van der Waals surface area contributed by atoms with Crippen molar-refractivity contribution in [2.45, 2.75) is 0 Å². The summed E-state index contributed by atoms with van der Waals surface area (Å²) in [5, 5.41) is 3.60. The maximum Gasteiger partial charge on any atom is 0.338 e. The van der Waals surface area contributed by atoms with E-state index in [9.17, 15) is 14.0 Å². The van der Waals surface area contributed by atoms with Crippen molar-refractivity contribution >= 4 is 40.1 Å². The van der Waals surface area contributed by atoms with Crippen LogP contribution in [0.3, 0.4) is 0 Å². The predicted molar refractivity (Wildman–Crippen MR) is 89.3 cm³/mol. The second kappa shape index (κ2) is 6.59. The summed E-state index contributed by atoms with van der Waals surface area (Å²) in [6, 6.07) is 11.7. The molecule has 1 heterocycles. The lowest BCUT2D eigenvalue weighted by Gasteiger charge is -2.08. The highest BCUT2D eigenvalue weighted by Gasteiger charge is 2.11. The van der Waals surface area contributed by atoms with E-state index in [1.54, 1.807) is 30.3 Å². The van der Waals surface area contributed by atoms with Gasteiger partial charge in [-0.25, -0.2) is 14.6 Å². The highest BCUT2D eigenvalue weighted by atomic mass is 35.5. The Morgan fingerprint density at radius 3 is 2.62 bits per heavy atom. The van der Waals surface area contributed by atoms with E-state index in [2.05, 4.69) is 21.2 Å². The molecular weight excluding hydrogens is 335 g/mol. The van der Waals surface area contributed by atoms with Gasteiger partial charge in [-0.3, -0.25) is 10.2 Å². The van der Waals surface area contributed by atoms with Crippen LogP contribution in [0.1, 0.15) is 10.5 Å². The number of fused-ring (bicyclic) bond motifs is 1. The summed E-state index contributed by atoms with van der Waals surface area (Å²) in [7, 11) is 0. The average molecular weight is 347 g/mol. The van der Waals surface area contributed by atoms with Gasteiger partial charge in [0.2, 0.25) is 0 Å². The van der Waals surface area contributed by atoms with Crippen LogP contribution in [0.4, 0.5) is 14.9 Å². The highest BCUT2D eigenvalue weighted by Crippen LogP contribution is 2.20. The van der Waals surface area contributed by atoms with Gasteiger partial charge < -0.3 is 10.3 Å². The fourth-order valence-corrected chi connectivity index (χ4v) is 2.30. The van der Waals surface area contributed by atoms with Crippen molar-refractivity contribution in [1.82, 2.24) is 15.8 Å². The lowest BCUT2D eigenvalue weighted by atomic mass is 10.2. The molecule has 0 aliphatic rings. The number of carbonyl (C=O) groups is 2. The number of hydrazine groups is 1. The molecule has 0 saturated carbocycles. The summed E-state index contributed by atoms with van der Waals surface area (Å²) in [6.45, 7) is 0. The Bertz CT molecular complexity index is 925. The largest absolute Gasteiger partial charge is 0.350 e. The standard InChI is InChI=1S/C16H12ClFN4O2/c17-10-5-6-12-9(7-10)8-14(19-12)15(23)21-22-16(24)20-13-4-2-1-3-11(13)18/h1-8,19H,(H,21,23)(H2,20,22,24). The van der Waals surface area contributed by atoms with Gasteiger partial charge in [0, 0.05) is 15.9 Å². The van der Waals surface area contributed by atoms with Gasteiger partial charge in [0.1, 0.15) is 11.5 Å². The molecular formula is C16H12ClFN4O2. The lowest BCUT2D eigenvalue weighted by molar-refractivity contribution is 0.0934. The minimum atomic E-state index is -0.771. The Labute approximate surface area is 141 Å². The first kappa shape index (κ1) is 15.8. The first-order valence-corrected chi connectivity index (χ1v) is 7.31. The second-order valence-corrected chi connectivity index (χ2v) is 5.36. The Morgan fingerprint density at radius 1 is 1.04 bits per heavy atom. The molecule has 8 heteroatoms. The molecule has 3 aromatic rings. The molecule has 0 spiro atoms. The fourth-order valence-electron chi connectivity index (χ4n) is 2.12. The van der Waals surface area contributed by atoms with Crippen LogP contribution in [0.5, 0.6) is 0 Å². The monoisotopic (exact) mass is 346 g/mol. The number of H-pyrrole nitrogens is 1. The molecule has 122 valence electrons. The third-order valence-electron chi connectivity index (χ3n) is 3.24. The summed E-state index contributed by atoms with van der Waals surface area (Å²) >= 11 is 5.89. The van der Waals surface area contributed by atoms with E-state index < -0.39 is 17.8 Å². The zero-order valence-corrected chi connectivity index (χ0v) is 12.9. The molecule has 0 aliphatic heterocycles. The molecule has 0 bridgehead atoms. The number of hydrogen-bond acceptors (Lipinski definition) is 2. The summed E-state index contributed by atoms with van der Waals surface area (Å²) in [5.74, 6) is -1.13. The maximum absolute atomic E-state index is 13.4. The summed E-state index contributed by atoms with van der Waals surface area (Å²) < 4.78 is 13.4. The van der Waals surface area contributed by atoms with Crippen molar-refractivity contribution in [3.05, 3.63) is 65.1 Å². The van der Waals surface area contributed by atoms with Crippen molar-refractivity contribution in [3.63, 3.8) is 0 Å². The number of benzene rings is 2. The van der Waals surface area contributed by atoms with E-state index in [1.165, 1.54) is 18.2 Å². The number of nitrogens with one attached hydrogen (secondary N) is 4. The number of carbonyl (C=O) groups excluding carboxylic acids is 2. The minimum Gasteiger partial charge on any atom is -0.350 e. The number of anilines is 1. The number of hydrogen-bond donors (Lipinski definition) is 4. The highest BCUT2D eigenvalue weighted by molar-refractivity contribution is 6.31. The molecule has 0 aliphatic carbocycles. The van der Waals surface area contributed by atoms with Crippen molar-refractivity contribution in [2.24, 2.45) is 0 Å². The van der Waals surface area contributed by atoms with E-state index in [1.807, 2.05) is 0 Å². The molecule has 0 unspecified atom stereocenters. The number of para-hydroxylation sites is 1. The number of amides is 3. The van der Waals surface area contributed by atoms with Crippen LogP contribution in [-0.4, -0.2) is 16.9 Å².